The third-order valence-electron chi connectivity index (χ3n) is 4.90. The van der Waals surface area contributed by atoms with E-state index in [1.54, 1.807) is 6.92 Å². The molecule has 0 saturated heterocycles. The van der Waals surface area contributed by atoms with E-state index in [1.807, 2.05) is 30.3 Å². The van der Waals surface area contributed by atoms with Crippen molar-refractivity contribution in [2.75, 3.05) is 12.4 Å². The number of fused-ring (bicyclic) bond motifs is 1. The molecule has 1 aromatic carbocycles. The predicted molar refractivity (Wildman–Crippen MR) is 118 cm³/mol. The summed E-state index contributed by atoms with van der Waals surface area (Å²) < 4.78 is 10.2. The molecular formula is C21H19N3O4S2. The van der Waals surface area contributed by atoms with Gasteiger partial charge in [-0.3, -0.25) is 10.1 Å². The Labute approximate surface area is 182 Å². The van der Waals surface area contributed by atoms with Crippen molar-refractivity contribution in [2.45, 2.75) is 26.2 Å². The molecule has 4 rings (SSSR count). The van der Waals surface area contributed by atoms with Crippen molar-refractivity contribution in [3.05, 3.63) is 57.7 Å². The third kappa shape index (κ3) is 3.73. The largest absolute Gasteiger partial charge is 0.465 e. The molecule has 0 atom stereocenters. The minimum absolute atomic E-state index is 0.0877. The number of rotatable bonds is 4. The van der Waals surface area contributed by atoms with Crippen molar-refractivity contribution in [1.29, 1.82) is 0 Å². The van der Waals surface area contributed by atoms with Crippen molar-refractivity contribution < 1.29 is 18.8 Å². The molecule has 0 aliphatic heterocycles. The Balaban J connectivity index is 1.55. The molecule has 0 radical (unpaired) electrons. The first-order valence-corrected chi connectivity index (χ1v) is 10.6. The number of amides is 1. The van der Waals surface area contributed by atoms with Gasteiger partial charge in [0.1, 0.15) is 22.0 Å². The lowest BCUT2D eigenvalue weighted by molar-refractivity contribution is 0.0601. The highest BCUT2D eigenvalue weighted by Crippen LogP contribution is 2.39. The Bertz CT molecular complexity index is 1130. The number of anilines is 1. The van der Waals surface area contributed by atoms with E-state index in [4.69, 9.17) is 21.5 Å². The highest BCUT2D eigenvalue weighted by molar-refractivity contribution is 7.80. The maximum absolute atomic E-state index is 12.9. The van der Waals surface area contributed by atoms with Crippen LogP contribution in [0, 0.1) is 6.92 Å². The zero-order valence-electron chi connectivity index (χ0n) is 16.4. The Hall–Kier alpha value is -3.04. The number of esters is 1. The van der Waals surface area contributed by atoms with Crippen LogP contribution in [0.25, 0.3) is 11.3 Å². The van der Waals surface area contributed by atoms with E-state index in [9.17, 15) is 9.59 Å². The topological polar surface area (TPSA) is 93.5 Å². The third-order valence-corrected chi connectivity index (χ3v) is 6.31. The van der Waals surface area contributed by atoms with Crippen LogP contribution in [0.15, 0.2) is 34.9 Å². The monoisotopic (exact) mass is 441 g/mol. The number of carbonyl (C=O) groups excluding carboxylic acids is 2. The SMILES string of the molecule is COC(=O)c1c(NC(=S)NC(=O)c2c(-c3ccccc3)noc2C)sc2c1CCC2. The maximum Gasteiger partial charge on any atom is 0.341 e. The van der Waals surface area contributed by atoms with E-state index in [0.717, 1.165) is 35.3 Å². The molecule has 9 heteroatoms. The van der Waals surface area contributed by atoms with Gasteiger partial charge in [0.2, 0.25) is 0 Å². The molecule has 0 saturated carbocycles. The Morgan fingerprint density at radius 1 is 1.20 bits per heavy atom. The van der Waals surface area contributed by atoms with E-state index in [0.29, 0.717) is 27.6 Å². The summed E-state index contributed by atoms with van der Waals surface area (Å²) in [4.78, 5) is 26.3. The second kappa shape index (κ2) is 8.37. The van der Waals surface area contributed by atoms with Gasteiger partial charge in [0.15, 0.2) is 5.11 Å². The van der Waals surface area contributed by atoms with Crippen LogP contribution in [0.4, 0.5) is 5.00 Å². The molecule has 0 bridgehead atoms. The molecule has 1 amide bonds. The van der Waals surface area contributed by atoms with Crippen LogP contribution in [-0.4, -0.2) is 29.3 Å². The van der Waals surface area contributed by atoms with Crippen LogP contribution in [0.2, 0.25) is 0 Å². The number of thiophene rings is 1. The molecule has 3 aromatic rings. The molecule has 0 spiro atoms. The smallest absolute Gasteiger partial charge is 0.341 e. The van der Waals surface area contributed by atoms with Gasteiger partial charge in [0, 0.05) is 10.4 Å². The lowest BCUT2D eigenvalue weighted by Gasteiger charge is -2.10. The molecule has 1 aliphatic rings. The first-order chi connectivity index (χ1) is 14.5. The average Bonchev–Trinajstić information content (AvgIpc) is 3.42. The summed E-state index contributed by atoms with van der Waals surface area (Å²) in [6.07, 6.45) is 2.77. The Morgan fingerprint density at radius 2 is 1.97 bits per heavy atom. The lowest BCUT2D eigenvalue weighted by atomic mass is 10.1. The van der Waals surface area contributed by atoms with E-state index < -0.39 is 11.9 Å². The molecule has 1 aliphatic carbocycles. The van der Waals surface area contributed by atoms with E-state index >= 15 is 0 Å². The number of nitrogens with zero attached hydrogens (tertiary/aromatic N) is 1. The van der Waals surface area contributed by atoms with Gasteiger partial charge in [-0.25, -0.2) is 4.79 Å². The summed E-state index contributed by atoms with van der Waals surface area (Å²) in [5.41, 5.74) is 3.02. The number of carbonyl (C=O) groups is 2. The van der Waals surface area contributed by atoms with Crippen molar-refractivity contribution >= 4 is 45.5 Å². The van der Waals surface area contributed by atoms with Gasteiger partial charge in [-0.15, -0.1) is 11.3 Å². The molecule has 0 fully saturated rings. The highest BCUT2D eigenvalue weighted by atomic mass is 32.1. The fourth-order valence-electron chi connectivity index (χ4n) is 3.54. The van der Waals surface area contributed by atoms with Gasteiger partial charge in [-0.05, 0) is 44.0 Å². The standard InChI is InChI=1S/C21H19N3O4S2/c1-11-15(17(24-28-11)12-7-4-3-5-8-12)18(25)22-21(29)23-19-16(20(26)27-2)13-9-6-10-14(13)30-19/h3-5,7-8H,6,9-10H2,1-2H3,(H2,22,23,25,29). The number of benzene rings is 1. The zero-order valence-corrected chi connectivity index (χ0v) is 18.0. The van der Waals surface area contributed by atoms with Crippen molar-refractivity contribution in [3.8, 4) is 11.3 Å². The van der Waals surface area contributed by atoms with Gasteiger partial charge >= 0.3 is 5.97 Å². The van der Waals surface area contributed by atoms with Crippen LogP contribution in [0.1, 0.15) is 43.3 Å². The molecule has 2 N–H and O–H groups in total. The van der Waals surface area contributed by atoms with Crippen LogP contribution in [0.3, 0.4) is 0 Å². The second-order valence-corrected chi connectivity index (χ2v) is 8.30. The first kappa shape index (κ1) is 20.2. The molecule has 0 unspecified atom stereocenters. The highest BCUT2D eigenvalue weighted by Gasteiger charge is 2.28. The number of nitrogens with one attached hydrogen (secondary N) is 2. The summed E-state index contributed by atoms with van der Waals surface area (Å²) in [6, 6.07) is 9.29. The van der Waals surface area contributed by atoms with Crippen molar-refractivity contribution in [2.24, 2.45) is 0 Å². The summed E-state index contributed by atoms with van der Waals surface area (Å²) in [6.45, 7) is 1.67. The van der Waals surface area contributed by atoms with Crippen molar-refractivity contribution in [1.82, 2.24) is 10.5 Å². The van der Waals surface area contributed by atoms with Gasteiger partial charge < -0.3 is 14.6 Å². The normalized spacial score (nSPS) is 12.3. The van der Waals surface area contributed by atoms with Crippen LogP contribution >= 0.6 is 23.6 Å². The number of aryl methyl sites for hydroxylation is 2. The van der Waals surface area contributed by atoms with Crippen molar-refractivity contribution in [3.63, 3.8) is 0 Å². The lowest BCUT2D eigenvalue weighted by Crippen LogP contribution is -2.34. The summed E-state index contributed by atoms with van der Waals surface area (Å²) in [5.74, 6) is -0.458. The number of hydrogen-bond acceptors (Lipinski definition) is 7. The van der Waals surface area contributed by atoms with Gasteiger partial charge in [-0.2, -0.15) is 0 Å². The second-order valence-electron chi connectivity index (χ2n) is 6.79. The van der Waals surface area contributed by atoms with E-state index in [1.165, 1.54) is 18.4 Å². The van der Waals surface area contributed by atoms with Gasteiger partial charge in [-0.1, -0.05) is 35.5 Å². The predicted octanol–water partition coefficient (Wildman–Crippen LogP) is 4.11. The first-order valence-electron chi connectivity index (χ1n) is 9.36. The number of methoxy groups -OCH3 is 1. The van der Waals surface area contributed by atoms with E-state index in [2.05, 4.69) is 15.8 Å². The molecule has 7 nitrogen and oxygen atoms in total. The van der Waals surface area contributed by atoms with Crippen LogP contribution in [-0.2, 0) is 17.6 Å². The van der Waals surface area contributed by atoms with E-state index in [-0.39, 0.29) is 5.11 Å². The van der Waals surface area contributed by atoms with Gasteiger partial charge in [0.25, 0.3) is 5.91 Å². The Morgan fingerprint density at radius 3 is 2.70 bits per heavy atom. The summed E-state index contributed by atoms with van der Waals surface area (Å²) in [7, 11) is 1.35. The molecule has 2 aromatic heterocycles. The summed E-state index contributed by atoms with van der Waals surface area (Å²) >= 11 is 6.81. The molecule has 2 heterocycles. The molecule has 30 heavy (non-hydrogen) atoms. The van der Waals surface area contributed by atoms with Crippen LogP contribution in [0.5, 0.6) is 0 Å². The fourth-order valence-corrected chi connectivity index (χ4v) is 5.08. The fraction of sp³-hybridized carbons (Fsp3) is 0.238. The zero-order chi connectivity index (χ0) is 21.3. The average molecular weight is 442 g/mol. The Kier molecular flexibility index (Phi) is 5.65. The minimum atomic E-state index is -0.436. The quantitative estimate of drug-likeness (QED) is 0.465. The number of ether oxygens (including phenoxy) is 1. The molecular weight excluding hydrogens is 422 g/mol. The number of aromatic nitrogens is 1. The molecule has 154 valence electrons. The van der Waals surface area contributed by atoms with Gasteiger partial charge in [0.05, 0.1) is 12.7 Å². The maximum atomic E-state index is 12.9. The minimum Gasteiger partial charge on any atom is -0.465 e. The number of thiocarbonyl (C=S) groups is 1. The summed E-state index contributed by atoms with van der Waals surface area (Å²) in [5, 5.41) is 10.4. The number of hydrogen-bond donors (Lipinski definition) is 2. The van der Waals surface area contributed by atoms with Crippen LogP contribution < -0.4 is 10.6 Å².